The van der Waals surface area contributed by atoms with Gasteiger partial charge in [-0.15, -0.1) is 0 Å². The molecule has 0 aromatic carbocycles. The zero-order chi connectivity index (χ0) is 16.2. The zero-order valence-electron chi connectivity index (χ0n) is 14.2. The Morgan fingerprint density at radius 3 is 2.70 bits per heavy atom. The number of aryl methyl sites for hydroxylation is 1. The van der Waals surface area contributed by atoms with Gasteiger partial charge < -0.3 is 19.0 Å². The maximum absolute atomic E-state index is 12.3. The molecule has 1 aromatic heterocycles. The molecule has 1 unspecified atom stereocenters. The van der Waals surface area contributed by atoms with Crippen LogP contribution in [0.2, 0.25) is 0 Å². The van der Waals surface area contributed by atoms with E-state index >= 15 is 0 Å². The van der Waals surface area contributed by atoms with Crippen LogP contribution in [0.5, 0.6) is 0 Å². The molecule has 2 aliphatic heterocycles. The molecule has 23 heavy (non-hydrogen) atoms. The Morgan fingerprint density at radius 2 is 2.00 bits per heavy atom. The first-order chi connectivity index (χ1) is 11.1. The van der Waals surface area contributed by atoms with E-state index in [1.165, 1.54) is 0 Å². The van der Waals surface area contributed by atoms with Gasteiger partial charge in [-0.3, -0.25) is 9.69 Å². The van der Waals surface area contributed by atoms with Crippen LogP contribution in [0.15, 0.2) is 16.5 Å². The first-order valence-corrected chi connectivity index (χ1v) is 8.48. The number of hydrogen-bond donors (Lipinski definition) is 0. The molecule has 2 fully saturated rings. The van der Waals surface area contributed by atoms with Crippen LogP contribution in [-0.4, -0.2) is 80.1 Å². The first kappa shape index (κ1) is 16.5. The summed E-state index contributed by atoms with van der Waals surface area (Å²) in [6, 6.07) is 3.95. The molecule has 0 N–H and O–H groups in total. The van der Waals surface area contributed by atoms with Gasteiger partial charge in [-0.1, -0.05) is 0 Å². The van der Waals surface area contributed by atoms with Crippen LogP contribution >= 0.6 is 0 Å². The highest BCUT2D eigenvalue weighted by Crippen LogP contribution is 2.24. The number of furan rings is 1. The highest BCUT2D eigenvalue weighted by atomic mass is 16.5. The van der Waals surface area contributed by atoms with E-state index < -0.39 is 0 Å². The Morgan fingerprint density at radius 1 is 1.22 bits per heavy atom. The van der Waals surface area contributed by atoms with Crippen molar-refractivity contribution in [2.75, 3.05) is 59.5 Å². The van der Waals surface area contributed by atoms with Crippen molar-refractivity contribution in [1.29, 1.82) is 0 Å². The maximum Gasteiger partial charge on any atom is 0.223 e. The zero-order valence-corrected chi connectivity index (χ0v) is 14.2. The van der Waals surface area contributed by atoms with Crippen molar-refractivity contribution in [3.05, 3.63) is 23.7 Å². The number of hydrogen-bond acceptors (Lipinski definition) is 5. The highest BCUT2D eigenvalue weighted by Gasteiger charge is 2.25. The highest BCUT2D eigenvalue weighted by molar-refractivity contribution is 5.76. The Bertz CT molecular complexity index is 523. The fourth-order valence-electron chi connectivity index (χ4n) is 3.17. The molecule has 3 rings (SSSR count). The first-order valence-electron chi connectivity index (χ1n) is 8.48. The Labute approximate surface area is 138 Å². The van der Waals surface area contributed by atoms with Crippen LogP contribution < -0.4 is 0 Å². The van der Waals surface area contributed by atoms with Gasteiger partial charge in [0, 0.05) is 52.2 Å². The minimum atomic E-state index is -0.0174. The third-order valence-electron chi connectivity index (χ3n) is 4.73. The molecule has 128 valence electrons. The summed E-state index contributed by atoms with van der Waals surface area (Å²) >= 11 is 0. The van der Waals surface area contributed by atoms with Crippen molar-refractivity contribution in [2.24, 2.45) is 0 Å². The van der Waals surface area contributed by atoms with Crippen LogP contribution in [0, 0.1) is 6.92 Å². The summed E-state index contributed by atoms with van der Waals surface area (Å²) < 4.78 is 11.5. The molecule has 1 atom stereocenters. The van der Waals surface area contributed by atoms with Crippen molar-refractivity contribution < 1.29 is 13.9 Å². The lowest BCUT2D eigenvalue weighted by Crippen LogP contribution is -2.48. The average Bonchev–Trinajstić information content (AvgIpc) is 3.00. The van der Waals surface area contributed by atoms with Crippen molar-refractivity contribution in [1.82, 2.24) is 14.7 Å². The van der Waals surface area contributed by atoms with Gasteiger partial charge in [0.2, 0.25) is 5.91 Å². The van der Waals surface area contributed by atoms with Crippen LogP contribution in [0.4, 0.5) is 0 Å². The topological polar surface area (TPSA) is 49.2 Å². The molecule has 2 aliphatic rings. The molecule has 6 nitrogen and oxygen atoms in total. The summed E-state index contributed by atoms with van der Waals surface area (Å²) in [5, 5.41) is 0. The van der Waals surface area contributed by atoms with Gasteiger partial charge in [-0.05, 0) is 26.1 Å². The van der Waals surface area contributed by atoms with Gasteiger partial charge in [-0.2, -0.15) is 0 Å². The fourth-order valence-corrected chi connectivity index (χ4v) is 3.17. The quantitative estimate of drug-likeness (QED) is 0.832. The Kier molecular flexibility index (Phi) is 5.35. The smallest absolute Gasteiger partial charge is 0.223 e. The number of piperazine rings is 1. The van der Waals surface area contributed by atoms with E-state index in [4.69, 9.17) is 9.15 Å². The summed E-state index contributed by atoms with van der Waals surface area (Å²) in [7, 11) is 2.10. The molecule has 3 heterocycles. The third kappa shape index (κ3) is 4.34. The summed E-state index contributed by atoms with van der Waals surface area (Å²) in [5.74, 6) is 2.07. The number of ether oxygens (including phenoxy) is 1. The van der Waals surface area contributed by atoms with Crippen molar-refractivity contribution in [3.8, 4) is 0 Å². The lowest BCUT2D eigenvalue weighted by molar-refractivity contribution is -0.133. The second kappa shape index (κ2) is 7.47. The molecular formula is C17H27N3O3. The SMILES string of the molecule is Cc1ccc(C2CN(CCC(=O)N3CCN(C)CC3)CCO2)o1. The van der Waals surface area contributed by atoms with Gasteiger partial charge in [0.1, 0.15) is 17.6 Å². The number of carbonyl (C=O) groups is 1. The van der Waals surface area contributed by atoms with E-state index in [0.717, 1.165) is 57.3 Å². The van der Waals surface area contributed by atoms with Crippen LogP contribution in [-0.2, 0) is 9.53 Å². The Balaban J connectivity index is 1.45. The van der Waals surface area contributed by atoms with Crippen molar-refractivity contribution in [3.63, 3.8) is 0 Å². The molecule has 1 amide bonds. The number of likely N-dealkylation sites (N-methyl/N-ethyl adjacent to an activating group) is 1. The minimum Gasteiger partial charge on any atom is -0.464 e. The maximum atomic E-state index is 12.3. The largest absolute Gasteiger partial charge is 0.464 e. The molecule has 0 aliphatic carbocycles. The lowest BCUT2D eigenvalue weighted by Gasteiger charge is -2.34. The van der Waals surface area contributed by atoms with Gasteiger partial charge in [0.25, 0.3) is 0 Å². The van der Waals surface area contributed by atoms with Crippen LogP contribution in [0.25, 0.3) is 0 Å². The number of rotatable bonds is 4. The van der Waals surface area contributed by atoms with Crippen molar-refractivity contribution in [2.45, 2.75) is 19.4 Å². The summed E-state index contributed by atoms with van der Waals surface area (Å²) in [6.45, 7) is 8.76. The van der Waals surface area contributed by atoms with Gasteiger partial charge in [-0.25, -0.2) is 0 Å². The normalized spacial score (nSPS) is 24.1. The summed E-state index contributed by atoms with van der Waals surface area (Å²) in [6.07, 6.45) is 0.573. The molecule has 1 aromatic rings. The van der Waals surface area contributed by atoms with Crippen LogP contribution in [0.1, 0.15) is 24.0 Å². The van der Waals surface area contributed by atoms with Gasteiger partial charge in [0.05, 0.1) is 6.61 Å². The molecule has 0 spiro atoms. The predicted molar refractivity (Wildman–Crippen MR) is 87.3 cm³/mol. The van der Waals surface area contributed by atoms with Gasteiger partial charge in [0.15, 0.2) is 0 Å². The van der Waals surface area contributed by atoms with E-state index in [9.17, 15) is 4.79 Å². The summed E-state index contributed by atoms with van der Waals surface area (Å²) in [4.78, 5) is 18.9. The number of nitrogens with zero attached hydrogens (tertiary/aromatic N) is 3. The molecule has 2 saturated heterocycles. The standard InChI is InChI=1S/C17H27N3O3/c1-14-3-4-15(23-14)16-13-19(11-12-22-16)6-5-17(21)20-9-7-18(2)8-10-20/h3-4,16H,5-13H2,1-2H3. The number of carbonyl (C=O) groups excluding carboxylic acids is 1. The lowest BCUT2D eigenvalue weighted by atomic mass is 10.2. The molecule has 0 saturated carbocycles. The van der Waals surface area contributed by atoms with E-state index in [2.05, 4.69) is 16.8 Å². The predicted octanol–water partition coefficient (Wildman–Crippen LogP) is 1.13. The third-order valence-corrected chi connectivity index (χ3v) is 4.73. The second-order valence-corrected chi connectivity index (χ2v) is 6.54. The molecule has 0 bridgehead atoms. The average molecular weight is 321 g/mol. The monoisotopic (exact) mass is 321 g/mol. The summed E-state index contributed by atoms with van der Waals surface area (Å²) in [5.41, 5.74) is 0. The van der Waals surface area contributed by atoms with Gasteiger partial charge >= 0.3 is 0 Å². The second-order valence-electron chi connectivity index (χ2n) is 6.54. The Hall–Kier alpha value is -1.37. The van der Waals surface area contributed by atoms with E-state index in [1.807, 2.05) is 24.0 Å². The van der Waals surface area contributed by atoms with Crippen molar-refractivity contribution >= 4 is 5.91 Å². The number of amides is 1. The van der Waals surface area contributed by atoms with Crippen LogP contribution in [0.3, 0.4) is 0 Å². The van der Waals surface area contributed by atoms with E-state index in [0.29, 0.717) is 13.0 Å². The molecular weight excluding hydrogens is 294 g/mol. The molecule has 6 heteroatoms. The van der Waals surface area contributed by atoms with E-state index in [-0.39, 0.29) is 12.0 Å². The number of morpholine rings is 1. The van der Waals surface area contributed by atoms with E-state index in [1.54, 1.807) is 0 Å². The molecule has 0 radical (unpaired) electrons. The minimum absolute atomic E-state index is 0.0174. The fraction of sp³-hybridized carbons (Fsp3) is 0.706.